The van der Waals surface area contributed by atoms with Gasteiger partial charge < -0.3 is 10.7 Å². The molecular weight excluding hydrogens is 296 g/mol. The van der Waals surface area contributed by atoms with Gasteiger partial charge in [0.05, 0.1) is 4.90 Å². The van der Waals surface area contributed by atoms with Crippen molar-refractivity contribution in [2.45, 2.75) is 4.90 Å². The van der Waals surface area contributed by atoms with E-state index < -0.39 is 15.9 Å². The van der Waals surface area contributed by atoms with Gasteiger partial charge in [-0.25, -0.2) is 19.4 Å². The molecule has 0 aliphatic heterocycles. The fourth-order valence-corrected chi connectivity index (χ4v) is 2.04. The molecule has 1 heterocycles. The van der Waals surface area contributed by atoms with E-state index in [0.29, 0.717) is 5.82 Å². The van der Waals surface area contributed by atoms with Crippen molar-refractivity contribution in [2.75, 3.05) is 10.7 Å². The van der Waals surface area contributed by atoms with Crippen molar-refractivity contribution in [3.05, 3.63) is 42.1 Å². The Morgan fingerprint density at radius 3 is 2.48 bits per heavy atom. The second kappa shape index (κ2) is 5.83. The number of carbonyl (C=O) groups excluding carboxylic acids is 1. The number of hydrazine groups is 1. The van der Waals surface area contributed by atoms with Crippen molar-refractivity contribution < 1.29 is 13.2 Å². The van der Waals surface area contributed by atoms with Crippen molar-refractivity contribution in [2.24, 2.45) is 11.0 Å². The summed E-state index contributed by atoms with van der Waals surface area (Å²) in [6, 6.07) is 8.45. The monoisotopic (exact) mass is 308 g/mol. The molecule has 1 aromatic carbocycles. The zero-order chi connectivity index (χ0) is 15.5. The smallest absolute Gasteiger partial charge is 0.276 e. The summed E-state index contributed by atoms with van der Waals surface area (Å²) in [5.41, 5.74) is 2.60. The summed E-state index contributed by atoms with van der Waals surface area (Å²) in [6.07, 6.45) is 0. The number of benzene rings is 1. The Balaban J connectivity index is 2.19. The molecule has 0 radical (unpaired) electrons. The number of aromatic nitrogens is 2. The Bertz CT molecular complexity index is 760. The number of hydrogen-bond donors (Lipinski definition) is 4. The van der Waals surface area contributed by atoms with Gasteiger partial charge in [-0.1, -0.05) is 6.07 Å². The van der Waals surface area contributed by atoms with Crippen LogP contribution in [0.25, 0.3) is 0 Å². The maximum atomic E-state index is 11.9. The van der Waals surface area contributed by atoms with Crippen molar-refractivity contribution in [3.63, 3.8) is 0 Å². The summed E-state index contributed by atoms with van der Waals surface area (Å²) in [5.74, 6) is 4.90. The second-order valence-corrected chi connectivity index (χ2v) is 5.54. The van der Waals surface area contributed by atoms with Crippen molar-refractivity contribution in [1.29, 1.82) is 0 Å². The first-order chi connectivity index (χ1) is 9.90. The van der Waals surface area contributed by atoms with Crippen LogP contribution >= 0.6 is 0 Å². The molecule has 0 bridgehead atoms. The Labute approximate surface area is 120 Å². The minimum atomic E-state index is -3.84. The zero-order valence-electron chi connectivity index (χ0n) is 10.6. The molecule has 0 aliphatic carbocycles. The maximum absolute atomic E-state index is 11.9. The van der Waals surface area contributed by atoms with Gasteiger partial charge in [-0.15, -0.1) is 10.2 Å². The predicted octanol–water partition coefficient (Wildman–Crippen LogP) is -0.338. The number of rotatable bonds is 4. The first-order valence-corrected chi connectivity index (χ1v) is 7.19. The van der Waals surface area contributed by atoms with E-state index in [4.69, 9.17) is 11.0 Å². The second-order valence-electron chi connectivity index (χ2n) is 3.98. The largest absolute Gasteiger partial charge is 0.321 e. The quantitative estimate of drug-likeness (QED) is 0.445. The minimum absolute atomic E-state index is 0.0509. The average molecular weight is 308 g/mol. The van der Waals surface area contributed by atoms with E-state index in [1.54, 1.807) is 0 Å². The lowest BCUT2D eigenvalue weighted by molar-refractivity contribution is 0.102. The van der Waals surface area contributed by atoms with Crippen molar-refractivity contribution in [1.82, 2.24) is 10.2 Å². The topological polar surface area (TPSA) is 153 Å². The number of hydrogen-bond acceptors (Lipinski definition) is 7. The molecule has 2 rings (SSSR count). The van der Waals surface area contributed by atoms with Crippen LogP contribution in [0.3, 0.4) is 0 Å². The van der Waals surface area contributed by atoms with Crippen LogP contribution in [0, 0.1) is 0 Å². The predicted molar refractivity (Wildman–Crippen MR) is 75.6 cm³/mol. The summed E-state index contributed by atoms with van der Waals surface area (Å²) in [7, 11) is -3.84. The highest BCUT2D eigenvalue weighted by Gasteiger charge is 2.11. The highest BCUT2D eigenvalue weighted by Crippen LogP contribution is 2.14. The van der Waals surface area contributed by atoms with Gasteiger partial charge in [0.25, 0.3) is 5.91 Å². The molecule has 21 heavy (non-hydrogen) atoms. The molecule has 10 heteroatoms. The average Bonchev–Trinajstić information content (AvgIpc) is 2.47. The fraction of sp³-hybridized carbons (Fsp3) is 0. The summed E-state index contributed by atoms with van der Waals surface area (Å²) in [6.45, 7) is 0. The molecule has 0 atom stereocenters. The number of nitrogen functional groups attached to an aromatic ring is 1. The number of anilines is 2. The lowest BCUT2D eigenvalue weighted by Crippen LogP contribution is -2.17. The Morgan fingerprint density at radius 2 is 1.90 bits per heavy atom. The molecule has 9 nitrogen and oxygen atoms in total. The van der Waals surface area contributed by atoms with E-state index in [-0.39, 0.29) is 16.3 Å². The molecule has 0 saturated carbocycles. The number of primary sulfonamides is 1. The number of amides is 1. The molecule has 2 aromatic rings. The van der Waals surface area contributed by atoms with E-state index in [2.05, 4.69) is 20.9 Å². The van der Waals surface area contributed by atoms with Crippen molar-refractivity contribution >= 4 is 27.4 Å². The normalized spacial score (nSPS) is 11.0. The molecule has 0 unspecified atom stereocenters. The highest BCUT2D eigenvalue weighted by atomic mass is 32.2. The number of sulfonamides is 1. The lowest BCUT2D eigenvalue weighted by atomic mass is 10.3. The molecule has 1 amide bonds. The number of nitrogens with one attached hydrogen (secondary N) is 2. The minimum Gasteiger partial charge on any atom is -0.321 e. The Kier molecular flexibility index (Phi) is 4.12. The maximum Gasteiger partial charge on any atom is 0.276 e. The standard InChI is InChI=1S/C11H12N6O3S/c12-15-10-5-4-9(16-17-10)11(18)14-7-2-1-3-8(6-7)21(13,19)20/h1-6H,12H2,(H,14,18)(H,15,17)(H2,13,19,20). The summed E-state index contributed by atoms with van der Waals surface area (Å²) in [4.78, 5) is 11.8. The number of nitrogens with zero attached hydrogens (tertiary/aromatic N) is 2. The van der Waals surface area contributed by atoms with Crippen LogP contribution < -0.4 is 21.7 Å². The van der Waals surface area contributed by atoms with E-state index >= 15 is 0 Å². The van der Waals surface area contributed by atoms with Gasteiger partial charge in [-0.2, -0.15) is 0 Å². The van der Waals surface area contributed by atoms with Crippen LogP contribution in [0.15, 0.2) is 41.3 Å². The van der Waals surface area contributed by atoms with Crippen LogP contribution in [0.5, 0.6) is 0 Å². The third kappa shape index (κ3) is 3.72. The van der Waals surface area contributed by atoms with E-state index in [9.17, 15) is 13.2 Å². The van der Waals surface area contributed by atoms with Crippen molar-refractivity contribution in [3.8, 4) is 0 Å². The fourth-order valence-electron chi connectivity index (χ4n) is 1.48. The Morgan fingerprint density at radius 1 is 1.14 bits per heavy atom. The van der Waals surface area contributed by atoms with Gasteiger partial charge in [0.2, 0.25) is 10.0 Å². The first-order valence-electron chi connectivity index (χ1n) is 5.65. The van der Waals surface area contributed by atoms with Crippen LogP contribution in [-0.2, 0) is 10.0 Å². The molecule has 0 fully saturated rings. The molecule has 0 spiro atoms. The van der Waals surface area contributed by atoms with Gasteiger partial charge >= 0.3 is 0 Å². The zero-order valence-corrected chi connectivity index (χ0v) is 11.5. The van der Waals surface area contributed by atoms with E-state index in [1.807, 2.05) is 0 Å². The molecule has 1 aromatic heterocycles. The van der Waals surface area contributed by atoms with Crippen LogP contribution in [0.4, 0.5) is 11.5 Å². The molecule has 6 N–H and O–H groups in total. The molecule has 0 aliphatic rings. The van der Waals surface area contributed by atoms with Crippen LogP contribution in [0.2, 0.25) is 0 Å². The molecular formula is C11H12N6O3S. The van der Waals surface area contributed by atoms with Crippen LogP contribution in [-0.4, -0.2) is 24.5 Å². The number of carbonyl (C=O) groups is 1. The van der Waals surface area contributed by atoms with Gasteiger partial charge in [0.1, 0.15) is 0 Å². The van der Waals surface area contributed by atoms with E-state index in [1.165, 1.54) is 36.4 Å². The van der Waals surface area contributed by atoms with Gasteiger partial charge in [-0.3, -0.25) is 4.79 Å². The van der Waals surface area contributed by atoms with Gasteiger partial charge in [-0.05, 0) is 30.3 Å². The summed E-state index contributed by atoms with van der Waals surface area (Å²) >= 11 is 0. The molecule has 0 saturated heterocycles. The lowest BCUT2D eigenvalue weighted by Gasteiger charge is -2.06. The van der Waals surface area contributed by atoms with Crippen LogP contribution in [0.1, 0.15) is 10.5 Å². The SMILES string of the molecule is NNc1ccc(C(=O)Nc2cccc(S(N)(=O)=O)c2)nn1. The van der Waals surface area contributed by atoms with Gasteiger partial charge in [0, 0.05) is 5.69 Å². The molecule has 110 valence electrons. The summed E-state index contributed by atoms with van der Waals surface area (Å²) < 4.78 is 22.5. The van der Waals surface area contributed by atoms with E-state index in [0.717, 1.165) is 0 Å². The highest BCUT2D eigenvalue weighted by molar-refractivity contribution is 7.89. The third-order valence-electron chi connectivity index (χ3n) is 2.47. The third-order valence-corrected chi connectivity index (χ3v) is 3.38. The first kappa shape index (κ1) is 14.8. The Hall–Kier alpha value is -2.56. The number of nitrogens with two attached hydrogens (primary N) is 2. The van der Waals surface area contributed by atoms with Gasteiger partial charge in [0.15, 0.2) is 11.5 Å². The summed E-state index contributed by atoms with van der Waals surface area (Å²) in [5, 5.41) is 14.8.